The Labute approximate surface area is 138 Å². The lowest BCUT2D eigenvalue weighted by Gasteiger charge is -2.11. The number of nitrogens with one attached hydrogen (secondary N) is 1. The first-order chi connectivity index (χ1) is 11.7. The fourth-order valence-electron chi connectivity index (χ4n) is 2.23. The second-order valence-corrected chi connectivity index (χ2v) is 4.87. The van der Waals surface area contributed by atoms with Gasteiger partial charge in [-0.1, -0.05) is 25.3 Å². The Morgan fingerprint density at radius 2 is 2.08 bits per heavy atom. The van der Waals surface area contributed by atoms with Crippen molar-refractivity contribution in [2.45, 2.75) is 0 Å². The van der Waals surface area contributed by atoms with E-state index in [-0.39, 0.29) is 5.57 Å². The first kappa shape index (κ1) is 15.5. The van der Waals surface area contributed by atoms with E-state index in [2.05, 4.69) is 38.4 Å². The lowest BCUT2D eigenvalue weighted by Crippen LogP contribution is -1.99. The van der Waals surface area contributed by atoms with Crippen LogP contribution in [0.1, 0.15) is 5.69 Å². The van der Waals surface area contributed by atoms with Crippen molar-refractivity contribution in [3.05, 3.63) is 79.8 Å². The highest BCUT2D eigenvalue weighted by molar-refractivity contribution is 5.93. The maximum atomic E-state index is 13.8. The van der Waals surface area contributed by atoms with E-state index >= 15 is 0 Å². The van der Waals surface area contributed by atoms with Gasteiger partial charge in [-0.25, -0.2) is 24.3 Å². The molecule has 0 saturated heterocycles. The number of hydrogen-bond acceptors (Lipinski definition) is 5. The Morgan fingerprint density at radius 3 is 2.79 bits per heavy atom. The van der Waals surface area contributed by atoms with Crippen LogP contribution in [0.15, 0.2) is 74.1 Å². The first-order valence-corrected chi connectivity index (χ1v) is 7.15. The smallest absolute Gasteiger partial charge is 0.161 e. The van der Waals surface area contributed by atoms with Crippen LogP contribution < -0.4 is 5.32 Å². The third-order valence-electron chi connectivity index (χ3n) is 3.28. The monoisotopic (exact) mass is 319 g/mol. The molecule has 0 spiro atoms. The molecule has 3 rings (SSSR count). The van der Waals surface area contributed by atoms with E-state index in [4.69, 9.17) is 0 Å². The number of fused-ring (bicyclic) bond motifs is 1. The molecule has 118 valence electrons. The summed E-state index contributed by atoms with van der Waals surface area (Å²) in [5.74, 6) is 0.0197. The van der Waals surface area contributed by atoms with Crippen LogP contribution in [0.3, 0.4) is 0 Å². The summed E-state index contributed by atoms with van der Waals surface area (Å²) in [5.41, 5.74) is 1.86. The molecule has 0 aliphatic carbocycles. The van der Waals surface area contributed by atoms with Crippen molar-refractivity contribution in [1.82, 2.24) is 19.9 Å². The van der Waals surface area contributed by atoms with E-state index in [0.717, 1.165) is 5.39 Å². The summed E-state index contributed by atoms with van der Waals surface area (Å²) < 4.78 is 13.8. The maximum Gasteiger partial charge on any atom is 0.161 e. The molecule has 0 fully saturated rings. The molecule has 24 heavy (non-hydrogen) atoms. The number of anilines is 2. The Bertz CT molecular complexity index is 935. The quantitative estimate of drug-likeness (QED) is 0.713. The highest BCUT2D eigenvalue weighted by Gasteiger charge is 2.12. The minimum Gasteiger partial charge on any atom is -0.339 e. The molecule has 0 aliphatic heterocycles. The van der Waals surface area contributed by atoms with Crippen LogP contribution in [0.25, 0.3) is 16.6 Å². The minimum atomic E-state index is -0.592. The molecule has 5 nitrogen and oxygen atoms in total. The van der Waals surface area contributed by atoms with Crippen LogP contribution in [-0.2, 0) is 0 Å². The SMILES string of the molecule is C=C/C=C(\C(=C)F)c1cc(Nc2ccncn2)c2cccnc2n1. The minimum absolute atomic E-state index is 0.253. The van der Waals surface area contributed by atoms with Gasteiger partial charge in [0.2, 0.25) is 0 Å². The molecule has 3 aromatic heterocycles. The van der Waals surface area contributed by atoms with E-state index in [1.54, 1.807) is 24.5 Å². The van der Waals surface area contributed by atoms with Crippen LogP contribution in [0.5, 0.6) is 0 Å². The van der Waals surface area contributed by atoms with Crippen molar-refractivity contribution in [2.75, 3.05) is 5.32 Å². The fraction of sp³-hybridized carbons (Fsp3) is 0. The molecule has 3 heterocycles. The molecule has 0 radical (unpaired) electrons. The molecule has 0 saturated carbocycles. The zero-order valence-corrected chi connectivity index (χ0v) is 12.8. The van der Waals surface area contributed by atoms with E-state index in [1.807, 2.05) is 12.1 Å². The van der Waals surface area contributed by atoms with Gasteiger partial charge in [-0.05, 0) is 24.3 Å². The van der Waals surface area contributed by atoms with E-state index in [9.17, 15) is 4.39 Å². The van der Waals surface area contributed by atoms with E-state index in [0.29, 0.717) is 22.8 Å². The van der Waals surface area contributed by atoms with Gasteiger partial charge in [0, 0.05) is 23.4 Å². The second-order valence-electron chi connectivity index (χ2n) is 4.87. The van der Waals surface area contributed by atoms with Crippen molar-refractivity contribution in [3.8, 4) is 0 Å². The normalized spacial score (nSPS) is 11.3. The van der Waals surface area contributed by atoms with Crippen molar-refractivity contribution in [2.24, 2.45) is 0 Å². The third-order valence-corrected chi connectivity index (χ3v) is 3.28. The van der Waals surface area contributed by atoms with E-state index < -0.39 is 5.83 Å². The summed E-state index contributed by atoms with van der Waals surface area (Å²) in [4.78, 5) is 16.7. The van der Waals surface area contributed by atoms with Gasteiger partial charge in [0.1, 0.15) is 18.0 Å². The molecule has 1 N–H and O–H groups in total. The van der Waals surface area contributed by atoms with Gasteiger partial charge >= 0.3 is 0 Å². The number of nitrogens with zero attached hydrogens (tertiary/aromatic N) is 4. The molecule has 0 aliphatic rings. The molecular formula is C18H14FN5. The average molecular weight is 319 g/mol. The van der Waals surface area contributed by atoms with Gasteiger partial charge in [0.15, 0.2) is 5.65 Å². The molecule has 6 heteroatoms. The number of hydrogen-bond donors (Lipinski definition) is 1. The average Bonchev–Trinajstić information content (AvgIpc) is 2.60. The van der Waals surface area contributed by atoms with Crippen molar-refractivity contribution in [3.63, 3.8) is 0 Å². The molecule has 3 aromatic rings. The van der Waals surface area contributed by atoms with Gasteiger partial charge in [0.05, 0.1) is 11.4 Å². The van der Waals surface area contributed by atoms with Gasteiger partial charge < -0.3 is 5.32 Å². The van der Waals surface area contributed by atoms with Crippen molar-refractivity contribution < 1.29 is 4.39 Å². The highest BCUT2D eigenvalue weighted by Crippen LogP contribution is 2.29. The summed E-state index contributed by atoms with van der Waals surface area (Å²) in [7, 11) is 0. The molecule has 0 atom stereocenters. The predicted octanol–water partition coefficient (Wildman–Crippen LogP) is 4.22. The van der Waals surface area contributed by atoms with Crippen LogP contribution >= 0.6 is 0 Å². The zero-order chi connectivity index (χ0) is 16.9. The summed E-state index contributed by atoms with van der Waals surface area (Å²) in [6, 6.07) is 7.15. The first-order valence-electron chi connectivity index (χ1n) is 7.15. The maximum absolute atomic E-state index is 13.8. The summed E-state index contributed by atoms with van der Waals surface area (Å²) in [6.45, 7) is 6.96. The van der Waals surface area contributed by atoms with Crippen LogP contribution in [0.4, 0.5) is 15.9 Å². The molecule has 0 aromatic carbocycles. The second kappa shape index (κ2) is 6.78. The number of aromatic nitrogens is 4. The third kappa shape index (κ3) is 3.17. The highest BCUT2D eigenvalue weighted by atomic mass is 19.1. The standard InChI is InChI=1S/C18H14FN5/c1-3-5-13(12(2)19)15-10-16(23-17-7-9-20-11-22-17)14-6-4-8-21-18(14)24-15/h3-11H,1-2H2,(H,20,21,22,23,24)/b13-5+. The largest absolute Gasteiger partial charge is 0.339 e. The van der Waals surface area contributed by atoms with Crippen LogP contribution in [-0.4, -0.2) is 19.9 Å². The molecule has 0 unspecified atom stereocenters. The van der Waals surface area contributed by atoms with Crippen molar-refractivity contribution >= 4 is 28.1 Å². The Kier molecular flexibility index (Phi) is 4.38. The summed E-state index contributed by atoms with van der Waals surface area (Å²) in [5, 5.41) is 3.98. The van der Waals surface area contributed by atoms with Gasteiger partial charge in [-0.2, -0.15) is 0 Å². The van der Waals surface area contributed by atoms with Crippen LogP contribution in [0, 0.1) is 0 Å². The summed E-state index contributed by atoms with van der Waals surface area (Å²) in [6.07, 6.45) is 7.71. The zero-order valence-electron chi connectivity index (χ0n) is 12.8. The molecular weight excluding hydrogens is 305 g/mol. The lowest BCUT2D eigenvalue weighted by atomic mass is 10.1. The number of allylic oxidation sites excluding steroid dienone is 4. The van der Waals surface area contributed by atoms with Gasteiger partial charge in [-0.15, -0.1) is 0 Å². The fourth-order valence-corrected chi connectivity index (χ4v) is 2.23. The Morgan fingerprint density at radius 1 is 1.21 bits per heavy atom. The Balaban J connectivity index is 2.18. The number of halogens is 1. The predicted molar refractivity (Wildman–Crippen MR) is 93.3 cm³/mol. The van der Waals surface area contributed by atoms with Gasteiger partial charge in [-0.3, -0.25) is 0 Å². The van der Waals surface area contributed by atoms with Crippen molar-refractivity contribution in [1.29, 1.82) is 0 Å². The molecule has 0 bridgehead atoms. The molecule has 0 amide bonds. The summed E-state index contributed by atoms with van der Waals surface area (Å²) >= 11 is 0. The Hall–Kier alpha value is -3.41. The number of pyridine rings is 2. The lowest BCUT2D eigenvalue weighted by molar-refractivity contribution is 0.677. The number of rotatable bonds is 5. The van der Waals surface area contributed by atoms with Gasteiger partial charge in [0.25, 0.3) is 0 Å². The van der Waals surface area contributed by atoms with Crippen LogP contribution in [0.2, 0.25) is 0 Å². The van der Waals surface area contributed by atoms with E-state index in [1.165, 1.54) is 18.5 Å². The topological polar surface area (TPSA) is 63.6 Å².